The van der Waals surface area contributed by atoms with Gasteiger partial charge in [0, 0.05) is 37.1 Å². The molecule has 0 spiro atoms. The number of likely N-dealkylation sites (N-methyl/N-ethyl adjacent to an activating group) is 1. The molecule has 0 radical (unpaired) electrons. The summed E-state index contributed by atoms with van der Waals surface area (Å²) in [5, 5.41) is 19.7. The molecular formula is C31H56N4O5S3. The summed E-state index contributed by atoms with van der Waals surface area (Å²) in [6, 6.07) is -1.13. The van der Waals surface area contributed by atoms with Gasteiger partial charge in [0.15, 0.2) is 0 Å². The summed E-state index contributed by atoms with van der Waals surface area (Å²) in [5.41, 5.74) is 2.30. The van der Waals surface area contributed by atoms with Crippen LogP contribution in [-0.4, -0.2) is 115 Å². The number of nitrogens with zero attached hydrogens (tertiary/aromatic N) is 1. The molecule has 1 amide bonds. The van der Waals surface area contributed by atoms with Crippen molar-refractivity contribution in [1.29, 1.82) is 0 Å². The number of aliphatic hydroxyl groups excluding tert-OH is 1. The lowest BCUT2D eigenvalue weighted by atomic mass is 9.92. The zero-order chi connectivity index (χ0) is 32.4. The number of rotatable bonds is 22. The predicted octanol–water partition coefficient (Wildman–Crippen LogP) is 3.47. The maximum atomic E-state index is 14.2. The minimum atomic E-state index is -0.482. The fourth-order valence-corrected chi connectivity index (χ4v) is 6.56. The molecule has 0 aromatic rings. The number of hydrogen-bond donors (Lipinski definition) is 5. The van der Waals surface area contributed by atoms with Gasteiger partial charge in [0.2, 0.25) is 5.91 Å². The van der Waals surface area contributed by atoms with Crippen LogP contribution in [0.15, 0.2) is 35.6 Å². The van der Waals surface area contributed by atoms with Crippen LogP contribution in [0.2, 0.25) is 0 Å². The number of thioether (sulfide) groups is 2. The molecule has 248 valence electrons. The minimum Gasteiger partial charge on any atom is -0.481 e. The highest BCUT2D eigenvalue weighted by atomic mass is 32.2. The molecule has 9 nitrogen and oxygen atoms in total. The Kier molecular flexibility index (Phi) is 20.7. The highest BCUT2D eigenvalue weighted by Gasteiger charge is 2.36. The molecular weight excluding hydrogens is 605 g/mol. The molecule has 6 atom stereocenters. The summed E-state index contributed by atoms with van der Waals surface area (Å²) < 4.78 is 11.0. The Morgan fingerprint density at radius 2 is 1.95 bits per heavy atom. The maximum absolute atomic E-state index is 14.2. The molecule has 0 saturated carbocycles. The van der Waals surface area contributed by atoms with Gasteiger partial charge >= 0.3 is 5.97 Å². The number of amides is 1. The van der Waals surface area contributed by atoms with E-state index in [2.05, 4.69) is 48.2 Å². The van der Waals surface area contributed by atoms with Gasteiger partial charge in [-0.2, -0.15) is 36.2 Å². The second kappa shape index (κ2) is 22.4. The summed E-state index contributed by atoms with van der Waals surface area (Å²) in [6.45, 7) is 13.3. The molecule has 0 bridgehead atoms. The summed E-state index contributed by atoms with van der Waals surface area (Å²) in [5.74, 6) is 3.25. The van der Waals surface area contributed by atoms with Crippen LogP contribution in [0.3, 0.4) is 0 Å². The molecule has 1 heterocycles. The highest BCUT2D eigenvalue weighted by Crippen LogP contribution is 2.29. The first-order valence-corrected chi connectivity index (χ1v) is 18.2. The van der Waals surface area contributed by atoms with Gasteiger partial charge in [-0.15, -0.1) is 0 Å². The van der Waals surface area contributed by atoms with Gasteiger partial charge in [0.25, 0.3) is 0 Å². The molecule has 0 aromatic carbocycles. The number of carbonyl (C=O) groups is 2. The van der Waals surface area contributed by atoms with E-state index in [0.717, 1.165) is 29.1 Å². The third-order valence-electron chi connectivity index (χ3n) is 7.81. The van der Waals surface area contributed by atoms with E-state index < -0.39 is 12.1 Å². The van der Waals surface area contributed by atoms with Crippen molar-refractivity contribution in [2.45, 2.75) is 77.2 Å². The van der Waals surface area contributed by atoms with E-state index >= 15 is 0 Å². The number of methoxy groups -OCH3 is 1. The number of allylic oxidation sites excluding steroid dienone is 2. The molecule has 4 N–H and O–H groups in total. The van der Waals surface area contributed by atoms with Crippen molar-refractivity contribution in [3.63, 3.8) is 0 Å². The quantitative estimate of drug-likeness (QED) is 0.0389. The van der Waals surface area contributed by atoms with Gasteiger partial charge in [-0.1, -0.05) is 31.2 Å². The summed E-state index contributed by atoms with van der Waals surface area (Å²) in [4.78, 5) is 28.3. The zero-order valence-electron chi connectivity index (χ0n) is 27.2. The smallest absolute Gasteiger partial charge is 0.322 e. The molecule has 1 aliphatic rings. The van der Waals surface area contributed by atoms with Crippen molar-refractivity contribution in [2.75, 3.05) is 63.2 Å². The Morgan fingerprint density at radius 3 is 2.53 bits per heavy atom. The Bertz CT molecular complexity index is 914. The van der Waals surface area contributed by atoms with Crippen LogP contribution in [0.5, 0.6) is 0 Å². The van der Waals surface area contributed by atoms with Crippen molar-refractivity contribution < 1.29 is 24.2 Å². The van der Waals surface area contributed by atoms with Crippen LogP contribution >= 0.6 is 36.2 Å². The Labute approximate surface area is 274 Å². The van der Waals surface area contributed by atoms with Crippen molar-refractivity contribution in [3.05, 3.63) is 35.6 Å². The topological polar surface area (TPSA) is 112 Å². The van der Waals surface area contributed by atoms with Crippen molar-refractivity contribution in [3.8, 4) is 0 Å². The van der Waals surface area contributed by atoms with Gasteiger partial charge in [-0.25, -0.2) is 0 Å². The van der Waals surface area contributed by atoms with Crippen molar-refractivity contribution in [1.82, 2.24) is 20.9 Å². The number of ether oxygens (including phenoxy) is 2. The average molecular weight is 661 g/mol. The first-order valence-electron chi connectivity index (χ1n) is 15.0. The fourth-order valence-electron chi connectivity index (χ4n) is 4.57. The second-order valence-corrected chi connectivity index (χ2v) is 13.5. The normalized spacial score (nSPS) is 19.2. The highest BCUT2D eigenvalue weighted by molar-refractivity contribution is 7.99. The molecule has 1 unspecified atom stereocenters. The van der Waals surface area contributed by atoms with Crippen LogP contribution in [0, 0.1) is 5.92 Å². The van der Waals surface area contributed by atoms with Crippen LogP contribution in [0.25, 0.3) is 0 Å². The largest absolute Gasteiger partial charge is 0.481 e. The molecule has 1 rings (SSSR count). The van der Waals surface area contributed by atoms with Crippen LogP contribution < -0.4 is 16.0 Å². The van der Waals surface area contributed by atoms with Crippen LogP contribution in [-0.2, 0) is 19.1 Å². The van der Waals surface area contributed by atoms with Crippen LogP contribution in [0.4, 0.5) is 0 Å². The summed E-state index contributed by atoms with van der Waals surface area (Å²) >= 11 is 7.82. The number of esters is 1. The number of hydrogen-bond acceptors (Lipinski definition) is 11. The van der Waals surface area contributed by atoms with Gasteiger partial charge in [0.05, 0.1) is 25.3 Å². The Balaban J connectivity index is 3.13. The molecule has 12 heteroatoms. The van der Waals surface area contributed by atoms with E-state index in [1.807, 2.05) is 45.1 Å². The van der Waals surface area contributed by atoms with E-state index in [4.69, 9.17) is 9.47 Å². The van der Waals surface area contributed by atoms with E-state index in [-0.39, 0.29) is 42.7 Å². The second-order valence-electron chi connectivity index (χ2n) is 11.0. The number of aliphatic hydroxyl groups is 1. The lowest BCUT2D eigenvalue weighted by Crippen LogP contribution is -2.56. The van der Waals surface area contributed by atoms with E-state index in [1.54, 1.807) is 23.5 Å². The van der Waals surface area contributed by atoms with E-state index in [9.17, 15) is 14.7 Å². The lowest BCUT2D eigenvalue weighted by Gasteiger charge is -2.40. The summed E-state index contributed by atoms with van der Waals surface area (Å²) in [6.07, 6.45) is 7.82. The van der Waals surface area contributed by atoms with Gasteiger partial charge < -0.3 is 30.1 Å². The van der Waals surface area contributed by atoms with Crippen molar-refractivity contribution in [2.24, 2.45) is 5.92 Å². The summed E-state index contributed by atoms with van der Waals surface area (Å²) in [7, 11) is 3.27. The van der Waals surface area contributed by atoms with Gasteiger partial charge in [-0.3, -0.25) is 14.9 Å². The molecule has 0 aliphatic carbocycles. The first kappa shape index (κ1) is 39.9. The molecule has 0 fully saturated rings. The van der Waals surface area contributed by atoms with Gasteiger partial charge in [0.1, 0.15) is 18.5 Å². The SMILES string of the molecule is C=C(OCN[C@@H](CCSC)C(=O)OC)[C@@H]1CC(/C=C\C)=C(C)CN1C(=O)[C@H](CSCC[C@@H](C)C(C)O)NC[C@H](CS)NC. The Morgan fingerprint density at radius 1 is 1.23 bits per heavy atom. The van der Waals surface area contributed by atoms with E-state index in [0.29, 0.717) is 43.2 Å². The fraction of sp³-hybridized carbons (Fsp3) is 0.742. The molecule has 43 heavy (non-hydrogen) atoms. The predicted molar refractivity (Wildman–Crippen MR) is 186 cm³/mol. The van der Waals surface area contributed by atoms with E-state index in [1.165, 1.54) is 7.11 Å². The molecule has 0 saturated heterocycles. The standard InChI is InChI=1S/C31H56N4O5S3/c1-9-10-25-15-29(24(5)40-20-34-27(12-13-42-8)31(38)39-7)35(17-22(25)3)30(37)28(33-16-26(18-41)32-6)19-43-14-11-21(2)23(4)36/h9-10,21,23,26-29,32-34,36,41H,5,11-20H2,1-4,6-8H3/b10-9-/t21-,23?,26-,27+,28+,29+/m1/s1. The number of thiol groups is 1. The van der Waals surface area contributed by atoms with Crippen LogP contribution in [0.1, 0.15) is 47.0 Å². The Hall–Kier alpha value is -1.15. The van der Waals surface area contributed by atoms with Gasteiger partial charge in [-0.05, 0) is 69.9 Å². The maximum Gasteiger partial charge on any atom is 0.322 e. The lowest BCUT2D eigenvalue weighted by molar-refractivity contribution is -0.143. The number of nitrogens with one attached hydrogen (secondary N) is 3. The van der Waals surface area contributed by atoms with Crippen molar-refractivity contribution >= 4 is 48.0 Å². The minimum absolute atomic E-state index is 0.000845. The number of carbonyl (C=O) groups excluding carboxylic acids is 2. The zero-order valence-corrected chi connectivity index (χ0v) is 29.7. The molecule has 0 aromatic heterocycles. The monoisotopic (exact) mass is 660 g/mol. The molecule has 1 aliphatic heterocycles. The average Bonchev–Trinajstić information content (AvgIpc) is 2.99. The third-order valence-corrected chi connectivity index (χ3v) is 9.99. The first-order chi connectivity index (χ1) is 20.5. The third kappa shape index (κ3) is 14.2.